The van der Waals surface area contributed by atoms with Gasteiger partial charge in [-0.1, -0.05) is 0 Å². The van der Waals surface area contributed by atoms with E-state index in [1.807, 2.05) is 0 Å². The van der Waals surface area contributed by atoms with Gasteiger partial charge in [0.1, 0.15) is 134 Å². The first-order chi connectivity index (χ1) is 33.5. The Morgan fingerprint density at radius 1 is 0.366 bits per heavy atom. The molecule has 0 aromatic carbocycles. The average Bonchev–Trinajstić information content (AvgIpc) is 3.33. The lowest BCUT2D eigenvalue weighted by Crippen LogP contribution is -2.71. The molecule has 18 N–H and O–H groups in total. The van der Waals surface area contributed by atoms with Crippen molar-refractivity contribution in [1.82, 2.24) is 10.6 Å². The third-order valence-electron chi connectivity index (χ3n) is 13.2. The molecule has 2 amide bonds. The van der Waals surface area contributed by atoms with Crippen molar-refractivity contribution in [3.63, 3.8) is 0 Å². The molecule has 0 saturated carbocycles. The van der Waals surface area contributed by atoms with Crippen LogP contribution in [-0.4, -0.2) is 304 Å². The zero-order valence-corrected chi connectivity index (χ0v) is 38.6. The van der Waals surface area contributed by atoms with Crippen molar-refractivity contribution in [3.05, 3.63) is 0 Å². The number of hydrogen-bond acceptors (Lipinski definition) is 29. The smallest absolute Gasteiger partial charge is 0.217 e. The van der Waals surface area contributed by atoms with E-state index in [1.54, 1.807) is 0 Å². The summed E-state index contributed by atoms with van der Waals surface area (Å²) in [6.07, 6.45) is -53.4. The number of rotatable bonds is 16. The molecular weight excluding hydrogens is 972 g/mol. The lowest BCUT2D eigenvalue weighted by atomic mass is 9.94. The van der Waals surface area contributed by atoms with E-state index in [-0.39, 0.29) is 0 Å². The predicted octanol–water partition coefficient (Wildman–Crippen LogP) is -11.8. The van der Waals surface area contributed by atoms with Gasteiger partial charge in [0, 0.05) is 13.8 Å². The van der Waals surface area contributed by atoms with Crippen molar-refractivity contribution in [2.75, 3.05) is 26.4 Å². The average molecular weight is 1040 g/mol. The number of amides is 2. The zero-order chi connectivity index (χ0) is 52.5. The normalized spacial score (nSPS) is 50.8. The molecule has 31 heteroatoms. The largest absolute Gasteiger partial charge is 0.394 e. The van der Waals surface area contributed by atoms with Crippen LogP contribution in [0.4, 0.5) is 0 Å². The fourth-order valence-electron chi connectivity index (χ4n) is 9.15. The van der Waals surface area contributed by atoms with Gasteiger partial charge in [0.15, 0.2) is 37.7 Å². The monoisotopic (exact) mass is 1040 g/mol. The number of hydrogen-bond donors (Lipinski definition) is 18. The van der Waals surface area contributed by atoms with Crippen molar-refractivity contribution in [2.24, 2.45) is 0 Å². The van der Waals surface area contributed by atoms with Crippen LogP contribution in [0.5, 0.6) is 0 Å². The molecule has 0 aliphatic carbocycles. The maximum absolute atomic E-state index is 12.4. The van der Waals surface area contributed by atoms with E-state index in [0.717, 1.165) is 13.8 Å². The van der Waals surface area contributed by atoms with E-state index < -0.39 is 222 Å². The van der Waals surface area contributed by atoms with E-state index in [9.17, 15) is 91.3 Å². The lowest BCUT2D eigenvalue weighted by molar-refractivity contribution is -0.416. The number of ether oxygens (including phenoxy) is 11. The lowest BCUT2D eigenvalue weighted by Gasteiger charge is -2.52. The van der Waals surface area contributed by atoms with Gasteiger partial charge < -0.3 is 144 Å². The Kier molecular flexibility index (Phi) is 20.2. The van der Waals surface area contributed by atoms with Crippen LogP contribution >= 0.6 is 0 Å². The summed E-state index contributed by atoms with van der Waals surface area (Å²) in [6.45, 7) is 0.612. The Morgan fingerprint density at radius 2 is 0.704 bits per heavy atom. The Bertz CT molecular complexity index is 1710. The van der Waals surface area contributed by atoms with Crippen molar-refractivity contribution in [3.8, 4) is 0 Å². The van der Waals surface area contributed by atoms with Crippen molar-refractivity contribution in [1.29, 1.82) is 0 Å². The van der Waals surface area contributed by atoms with Gasteiger partial charge in [-0.15, -0.1) is 0 Å². The van der Waals surface area contributed by atoms with Crippen LogP contribution in [0.25, 0.3) is 0 Å². The third-order valence-corrected chi connectivity index (χ3v) is 13.2. The van der Waals surface area contributed by atoms with Gasteiger partial charge in [0.25, 0.3) is 0 Å². The standard InChI is InChI=1S/C40H68N2O29/c1-9-19(49)26(56)28(58)37(61-9)70-33-31(68-36-17(41-11(3)47)25(55)21(51)13(5-43)64-36)23(53)15(7-45)66-40(33)69-32-24(54)16(8-46)65-39(34(32)71-38-29(59)27(57)20(50)10(2)62-38)67-30-18(42-12(4)48)35(60)63-14(6-44)22(30)52/h9-10,13-40,43-46,49-60H,5-8H2,1-4H3,(H,41,47)(H,42,48)/t9-,10-,13+,14+,15+,16+,17+,18+,19+,20+,21-,22-,23-,24-,25+,26+,27+,28-,29-,30+,31-,32-,33+,34+,35-,36+,37-,38-,39-,40-/m0/s1. The van der Waals surface area contributed by atoms with E-state index >= 15 is 0 Å². The summed E-state index contributed by atoms with van der Waals surface area (Å²) in [6, 6.07) is -3.36. The molecule has 0 aromatic rings. The van der Waals surface area contributed by atoms with Crippen molar-refractivity contribution >= 4 is 11.8 Å². The van der Waals surface area contributed by atoms with Crippen LogP contribution in [0, 0.1) is 0 Å². The first-order valence-electron chi connectivity index (χ1n) is 22.8. The molecule has 6 aliphatic heterocycles. The first kappa shape index (κ1) is 58.1. The summed E-state index contributed by atoms with van der Waals surface area (Å²) in [5.74, 6) is -1.59. The highest BCUT2D eigenvalue weighted by molar-refractivity contribution is 5.73. The third kappa shape index (κ3) is 12.4. The summed E-state index contributed by atoms with van der Waals surface area (Å²) in [4.78, 5) is 24.7. The molecule has 30 atom stereocenters. The second-order valence-corrected chi connectivity index (χ2v) is 18.2. The highest BCUT2D eigenvalue weighted by Gasteiger charge is 2.59. The minimum Gasteiger partial charge on any atom is -0.394 e. The molecule has 6 saturated heterocycles. The second kappa shape index (κ2) is 24.7. The number of aliphatic hydroxyl groups excluding tert-OH is 16. The molecule has 71 heavy (non-hydrogen) atoms. The van der Waals surface area contributed by atoms with Gasteiger partial charge in [0.2, 0.25) is 11.8 Å². The van der Waals surface area contributed by atoms with Gasteiger partial charge >= 0.3 is 0 Å². The van der Waals surface area contributed by atoms with Gasteiger partial charge in [-0.25, -0.2) is 0 Å². The van der Waals surface area contributed by atoms with Gasteiger partial charge in [-0.2, -0.15) is 0 Å². The minimum atomic E-state index is -2.23. The number of carbonyl (C=O) groups excluding carboxylic acids is 2. The first-order valence-corrected chi connectivity index (χ1v) is 22.8. The van der Waals surface area contributed by atoms with Crippen LogP contribution < -0.4 is 10.6 Å². The molecule has 6 heterocycles. The fourth-order valence-corrected chi connectivity index (χ4v) is 9.15. The van der Waals surface area contributed by atoms with E-state index in [2.05, 4.69) is 10.6 Å². The van der Waals surface area contributed by atoms with Crippen molar-refractivity contribution < 1.29 is 143 Å². The molecule has 6 aliphatic rings. The van der Waals surface area contributed by atoms with Crippen LogP contribution in [-0.2, 0) is 61.7 Å². The quantitative estimate of drug-likeness (QED) is 0.0682. The summed E-state index contributed by atoms with van der Waals surface area (Å²) in [5.41, 5.74) is 0. The maximum atomic E-state index is 12.4. The summed E-state index contributed by atoms with van der Waals surface area (Å²) >= 11 is 0. The molecule has 412 valence electrons. The van der Waals surface area contributed by atoms with Crippen LogP contribution in [0.15, 0.2) is 0 Å². The molecule has 0 spiro atoms. The Balaban J connectivity index is 1.46. The second-order valence-electron chi connectivity index (χ2n) is 18.2. The molecule has 0 aromatic heterocycles. The number of nitrogens with one attached hydrogen (secondary N) is 2. The van der Waals surface area contributed by atoms with Crippen LogP contribution in [0.1, 0.15) is 27.7 Å². The Hall–Kier alpha value is -2.14. The molecule has 0 bridgehead atoms. The van der Waals surface area contributed by atoms with Gasteiger partial charge in [-0.3, -0.25) is 9.59 Å². The van der Waals surface area contributed by atoms with E-state index in [1.165, 1.54) is 13.8 Å². The summed E-state index contributed by atoms with van der Waals surface area (Å²) in [5, 5.41) is 179. The predicted molar refractivity (Wildman–Crippen MR) is 220 cm³/mol. The fraction of sp³-hybridized carbons (Fsp3) is 0.950. The Labute approximate surface area is 403 Å². The maximum Gasteiger partial charge on any atom is 0.217 e. The number of carbonyl (C=O) groups is 2. The number of aliphatic hydroxyl groups is 16. The van der Waals surface area contributed by atoms with Crippen LogP contribution in [0.2, 0.25) is 0 Å². The minimum absolute atomic E-state index is 0.788. The molecular formula is C40H68N2O29. The SMILES string of the molecule is CC(=O)N[C@@H]1[C@@H](O[C@@H]2O[C@H](CO)[C@H](O)[C@H](O[C@@H]3O[C@H](CO)[C@H](O)[C@H](O[C@H]4O[C@H](CO)[C@H](O)[C@H](O)[C@H]4NC(C)=O)[C@H]3O[C@@H]3O[C@@H](C)[C@@H](O)[C@@H](O)[C@@H]3O)[C@H]2O[C@@H]2O[C@@H](C)[C@@H](O)[C@@H](O)[C@@H]2O)[C@@H](O)[C@@H](CO)O[C@@H]1O. The molecule has 6 rings (SSSR count). The molecule has 0 radical (unpaired) electrons. The summed E-state index contributed by atoms with van der Waals surface area (Å²) < 4.78 is 65.3. The zero-order valence-electron chi connectivity index (χ0n) is 38.6. The van der Waals surface area contributed by atoms with E-state index in [4.69, 9.17) is 52.1 Å². The van der Waals surface area contributed by atoms with Crippen LogP contribution in [0.3, 0.4) is 0 Å². The summed E-state index contributed by atoms with van der Waals surface area (Å²) in [7, 11) is 0. The van der Waals surface area contributed by atoms with Gasteiger partial charge in [-0.05, 0) is 13.8 Å². The van der Waals surface area contributed by atoms with Crippen molar-refractivity contribution in [2.45, 2.75) is 212 Å². The molecule has 31 nitrogen and oxygen atoms in total. The topological polar surface area (TPSA) is 483 Å². The highest BCUT2D eigenvalue weighted by atomic mass is 16.8. The van der Waals surface area contributed by atoms with E-state index in [0.29, 0.717) is 0 Å². The Morgan fingerprint density at radius 3 is 1.13 bits per heavy atom. The molecule has 0 unspecified atom stereocenters. The molecule has 6 fully saturated rings. The highest BCUT2D eigenvalue weighted by Crippen LogP contribution is 2.39. The van der Waals surface area contributed by atoms with Gasteiger partial charge in [0.05, 0.1) is 38.6 Å².